The Kier molecular flexibility index (Phi) is 4.17. The Balaban J connectivity index is 1.42. The minimum atomic E-state index is 0.0213. The van der Waals surface area contributed by atoms with Crippen LogP contribution in [0, 0.1) is 0 Å². The first-order chi connectivity index (χ1) is 11.8. The Bertz CT molecular complexity index is 878. The number of nitrogens with one attached hydrogen (secondary N) is 2. The Morgan fingerprint density at radius 2 is 2.21 bits per heavy atom. The molecule has 1 amide bonds. The molecule has 0 aliphatic heterocycles. The summed E-state index contributed by atoms with van der Waals surface area (Å²) in [5.41, 5.74) is 3.99. The van der Waals surface area contributed by atoms with E-state index in [-0.39, 0.29) is 11.9 Å². The van der Waals surface area contributed by atoms with Gasteiger partial charge in [0.2, 0.25) is 5.91 Å². The van der Waals surface area contributed by atoms with Crippen molar-refractivity contribution in [2.45, 2.75) is 30.3 Å². The third-order valence-electron chi connectivity index (χ3n) is 4.23. The Labute approximate surface area is 143 Å². The summed E-state index contributed by atoms with van der Waals surface area (Å²) in [5.74, 6) is 0.344. The van der Waals surface area contributed by atoms with Crippen LogP contribution in [0.3, 0.4) is 0 Å². The second kappa shape index (κ2) is 6.60. The molecule has 2 N–H and O–H groups in total. The zero-order valence-corrected chi connectivity index (χ0v) is 13.8. The highest BCUT2D eigenvalue weighted by atomic mass is 32.2. The molecular formula is C17H17N5OS. The van der Waals surface area contributed by atoms with Gasteiger partial charge in [0, 0.05) is 0 Å². The van der Waals surface area contributed by atoms with E-state index < -0.39 is 0 Å². The Morgan fingerprint density at radius 3 is 3.17 bits per heavy atom. The van der Waals surface area contributed by atoms with Gasteiger partial charge in [-0.25, -0.2) is 15.0 Å². The molecule has 0 spiro atoms. The molecular weight excluding hydrogens is 322 g/mol. The van der Waals surface area contributed by atoms with Crippen LogP contribution in [0.5, 0.6) is 0 Å². The van der Waals surface area contributed by atoms with E-state index >= 15 is 0 Å². The highest BCUT2D eigenvalue weighted by molar-refractivity contribution is 8.00. The van der Waals surface area contributed by atoms with E-state index in [4.69, 9.17) is 0 Å². The van der Waals surface area contributed by atoms with Crippen molar-refractivity contribution >= 4 is 28.8 Å². The second-order valence-electron chi connectivity index (χ2n) is 5.78. The van der Waals surface area contributed by atoms with Crippen LogP contribution in [0.2, 0.25) is 0 Å². The van der Waals surface area contributed by atoms with Crippen molar-refractivity contribution in [3.05, 3.63) is 48.0 Å². The Hall–Kier alpha value is -2.41. The maximum Gasteiger partial charge on any atom is 0.230 e. The Morgan fingerprint density at radius 1 is 1.29 bits per heavy atom. The first-order valence-corrected chi connectivity index (χ1v) is 8.94. The SMILES string of the molecule is O=C(CSc1ncnc2nc[nH]c12)N[C@H]1CCCc2ccccc21. The fourth-order valence-corrected chi connectivity index (χ4v) is 3.89. The summed E-state index contributed by atoms with van der Waals surface area (Å²) in [6.45, 7) is 0. The number of amides is 1. The molecule has 0 saturated carbocycles. The lowest BCUT2D eigenvalue weighted by molar-refractivity contribution is -0.119. The number of thioether (sulfide) groups is 1. The largest absolute Gasteiger partial charge is 0.349 e. The number of fused-ring (bicyclic) bond motifs is 2. The van der Waals surface area contributed by atoms with Gasteiger partial charge in [0.05, 0.1) is 18.1 Å². The molecule has 1 aliphatic carbocycles. The maximum atomic E-state index is 12.4. The maximum absolute atomic E-state index is 12.4. The van der Waals surface area contributed by atoms with Crippen molar-refractivity contribution < 1.29 is 4.79 Å². The first kappa shape index (κ1) is 15.1. The number of nitrogens with zero attached hydrogens (tertiary/aromatic N) is 3. The van der Waals surface area contributed by atoms with Crippen LogP contribution in [0.25, 0.3) is 11.2 Å². The van der Waals surface area contributed by atoms with Gasteiger partial charge in [0.1, 0.15) is 16.9 Å². The lowest BCUT2D eigenvalue weighted by atomic mass is 9.88. The van der Waals surface area contributed by atoms with Crippen LogP contribution in [0.1, 0.15) is 30.0 Å². The fraction of sp³-hybridized carbons (Fsp3) is 0.294. The number of aryl methyl sites for hydroxylation is 1. The highest BCUT2D eigenvalue weighted by Crippen LogP contribution is 2.29. The molecule has 3 aromatic rings. The quantitative estimate of drug-likeness (QED) is 0.564. The number of hydrogen-bond acceptors (Lipinski definition) is 5. The van der Waals surface area contributed by atoms with Gasteiger partial charge in [0.25, 0.3) is 0 Å². The van der Waals surface area contributed by atoms with Crippen LogP contribution in [-0.4, -0.2) is 31.6 Å². The minimum absolute atomic E-state index is 0.0213. The molecule has 24 heavy (non-hydrogen) atoms. The van der Waals surface area contributed by atoms with Crippen molar-refractivity contribution in [3.8, 4) is 0 Å². The number of imidazole rings is 1. The zero-order valence-electron chi connectivity index (χ0n) is 13.0. The topological polar surface area (TPSA) is 83.6 Å². The number of H-pyrrole nitrogens is 1. The third-order valence-corrected chi connectivity index (χ3v) is 5.22. The van der Waals surface area contributed by atoms with Crippen LogP contribution < -0.4 is 5.32 Å². The third kappa shape index (κ3) is 2.99. The van der Waals surface area contributed by atoms with Gasteiger partial charge in [-0.3, -0.25) is 4.79 Å². The fourth-order valence-electron chi connectivity index (χ4n) is 3.13. The van der Waals surface area contributed by atoms with E-state index in [9.17, 15) is 4.79 Å². The summed E-state index contributed by atoms with van der Waals surface area (Å²) in [4.78, 5) is 27.8. The van der Waals surface area contributed by atoms with Crippen molar-refractivity contribution in [1.29, 1.82) is 0 Å². The average molecular weight is 339 g/mol. The normalized spacial score (nSPS) is 16.8. The van der Waals surface area contributed by atoms with Crippen molar-refractivity contribution in [2.75, 3.05) is 5.75 Å². The summed E-state index contributed by atoms with van der Waals surface area (Å²) in [6, 6.07) is 8.47. The van der Waals surface area contributed by atoms with Gasteiger partial charge in [-0.2, -0.15) is 0 Å². The summed E-state index contributed by atoms with van der Waals surface area (Å²) in [7, 11) is 0. The number of rotatable bonds is 4. The zero-order chi connectivity index (χ0) is 16.4. The molecule has 1 aliphatic rings. The van der Waals surface area contributed by atoms with E-state index in [1.165, 1.54) is 29.2 Å². The van der Waals surface area contributed by atoms with Gasteiger partial charge < -0.3 is 10.3 Å². The molecule has 2 aromatic heterocycles. The number of hydrogen-bond donors (Lipinski definition) is 2. The van der Waals surface area contributed by atoms with E-state index in [2.05, 4.69) is 43.5 Å². The number of carbonyl (C=O) groups excluding carboxylic acids is 1. The molecule has 4 rings (SSSR count). The first-order valence-electron chi connectivity index (χ1n) is 7.95. The molecule has 122 valence electrons. The second-order valence-corrected chi connectivity index (χ2v) is 6.74. The van der Waals surface area contributed by atoms with E-state index in [0.717, 1.165) is 29.8 Å². The van der Waals surface area contributed by atoms with Gasteiger partial charge in [-0.1, -0.05) is 36.0 Å². The minimum Gasteiger partial charge on any atom is -0.349 e. The smallest absolute Gasteiger partial charge is 0.230 e. The monoisotopic (exact) mass is 339 g/mol. The molecule has 2 heterocycles. The number of benzene rings is 1. The number of aromatic nitrogens is 4. The van der Waals surface area contributed by atoms with Crippen LogP contribution in [-0.2, 0) is 11.2 Å². The summed E-state index contributed by atoms with van der Waals surface area (Å²) >= 11 is 1.40. The van der Waals surface area contributed by atoms with Gasteiger partial charge in [-0.05, 0) is 30.4 Å². The predicted molar refractivity (Wildman–Crippen MR) is 92.7 cm³/mol. The lowest BCUT2D eigenvalue weighted by Crippen LogP contribution is -2.32. The van der Waals surface area contributed by atoms with Crippen molar-refractivity contribution in [2.24, 2.45) is 0 Å². The van der Waals surface area contributed by atoms with Crippen LogP contribution >= 0.6 is 11.8 Å². The van der Waals surface area contributed by atoms with E-state index in [1.807, 2.05) is 6.07 Å². The molecule has 1 atom stereocenters. The standard InChI is InChI=1S/C17H17N5OS/c23-14(8-24-17-15-16(19-9-18-15)20-10-21-17)22-13-7-3-5-11-4-1-2-6-12(11)13/h1-2,4,6,9-10,13H,3,5,7-8H2,(H,22,23)(H,18,19,20,21)/t13-/m0/s1. The molecule has 0 saturated heterocycles. The number of aromatic amines is 1. The molecule has 7 heteroatoms. The average Bonchev–Trinajstić information content (AvgIpc) is 3.09. The van der Waals surface area contributed by atoms with Gasteiger partial charge >= 0.3 is 0 Å². The van der Waals surface area contributed by atoms with E-state index in [0.29, 0.717) is 11.4 Å². The van der Waals surface area contributed by atoms with E-state index in [1.54, 1.807) is 6.33 Å². The van der Waals surface area contributed by atoms with Gasteiger partial charge in [-0.15, -0.1) is 0 Å². The molecule has 1 aromatic carbocycles. The van der Waals surface area contributed by atoms with Crippen LogP contribution in [0.15, 0.2) is 41.9 Å². The highest BCUT2D eigenvalue weighted by Gasteiger charge is 2.21. The summed E-state index contributed by atoms with van der Waals surface area (Å²) < 4.78 is 0. The van der Waals surface area contributed by atoms with Gasteiger partial charge in [0.15, 0.2) is 5.65 Å². The molecule has 0 radical (unpaired) electrons. The molecule has 0 fully saturated rings. The van der Waals surface area contributed by atoms with Crippen molar-refractivity contribution in [3.63, 3.8) is 0 Å². The van der Waals surface area contributed by atoms with Crippen LogP contribution in [0.4, 0.5) is 0 Å². The molecule has 0 bridgehead atoms. The lowest BCUT2D eigenvalue weighted by Gasteiger charge is -2.26. The number of carbonyl (C=O) groups is 1. The van der Waals surface area contributed by atoms with Crippen molar-refractivity contribution in [1.82, 2.24) is 25.3 Å². The molecule has 6 nitrogen and oxygen atoms in total. The summed E-state index contributed by atoms with van der Waals surface area (Å²) in [6.07, 6.45) is 6.25. The molecule has 0 unspecified atom stereocenters. The predicted octanol–water partition coefficient (Wildman–Crippen LogP) is 2.64. The summed E-state index contributed by atoms with van der Waals surface area (Å²) in [5, 5.41) is 3.91.